The summed E-state index contributed by atoms with van der Waals surface area (Å²) in [7, 11) is 1.36. The number of carbonyl (C=O) groups is 1. The second kappa shape index (κ2) is 7.76. The molecule has 0 fully saturated rings. The minimum atomic E-state index is -0.494. The largest absolute Gasteiger partial charge is 0.375 e. The van der Waals surface area contributed by atoms with Gasteiger partial charge >= 0.3 is 0 Å². The maximum atomic E-state index is 13.2. The number of aliphatic imine (C=N–C) groups is 1. The van der Waals surface area contributed by atoms with Crippen molar-refractivity contribution in [2.75, 3.05) is 19.0 Å². The molecule has 23 heavy (non-hydrogen) atoms. The first-order valence-corrected chi connectivity index (χ1v) is 6.90. The molecule has 0 unspecified atom stereocenters. The third-order valence-corrected chi connectivity index (χ3v) is 3.10. The number of ether oxygens (including phenoxy) is 1. The molecule has 0 radical (unpaired) electrons. The molecule has 2 aromatic rings. The van der Waals surface area contributed by atoms with Crippen LogP contribution in [0, 0.1) is 5.82 Å². The van der Waals surface area contributed by atoms with Gasteiger partial charge in [0, 0.05) is 7.11 Å². The lowest BCUT2D eigenvalue weighted by Gasteiger charge is -2.05. The molecule has 1 amide bonds. The second-order valence-electron chi connectivity index (χ2n) is 4.11. The highest BCUT2D eigenvalue weighted by Gasteiger charge is 2.18. The van der Waals surface area contributed by atoms with E-state index < -0.39 is 11.7 Å². The number of rotatable bonds is 5. The molecule has 9 nitrogen and oxygen atoms in total. The number of nitrogens with one attached hydrogen (secondary N) is 2. The number of nitrogens with zero attached hydrogens (tertiary/aromatic N) is 3. The zero-order valence-electron chi connectivity index (χ0n) is 11.7. The van der Waals surface area contributed by atoms with Crippen molar-refractivity contribution in [3.8, 4) is 0 Å². The van der Waals surface area contributed by atoms with E-state index in [-0.39, 0.29) is 28.4 Å². The Balaban J connectivity index is 2.30. The van der Waals surface area contributed by atoms with Gasteiger partial charge in [-0.2, -0.15) is 0 Å². The summed E-state index contributed by atoms with van der Waals surface area (Å²) in [4.78, 5) is 15.5. The fraction of sp³-hybridized carbons (Fsp3) is 0.167. The topological polar surface area (TPSA) is 122 Å². The molecule has 2 rings (SSSR count). The van der Waals surface area contributed by atoms with Crippen LogP contribution in [0.1, 0.15) is 5.69 Å². The van der Waals surface area contributed by atoms with Gasteiger partial charge in [-0.15, -0.1) is 0 Å². The smallest absolute Gasteiger partial charge is 0.251 e. The highest BCUT2D eigenvalue weighted by molar-refractivity contribution is 9.10. The van der Waals surface area contributed by atoms with Crippen molar-refractivity contribution in [2.24, 2.45) is 4.99 Å². The molecule has 0 aliphatic heterocycles. The van der Waals surface area contributed by atoms with Crippen LogP contribution in [-0.2, 0) is 9.53 Å². The van der Waals surface area contributed by atoms with Crippen LogP contribution in [0.15, 0.2) is 32.3 Å². The Morgan fingerprint density at radius 1 is 1.52 bits per heavy atom. The van der Waals surface area contributed by atoms with Crippen molar-refractivity contribution in [2.45, 2.75) is 0 Å². The van der Waals surface area contributed by atoms with Crippen LogP contribution >= 0.6 is 15.9 Å². The minimum absolute atomic E-state index is 0.0441. The Bertz CT molecular complexity index is 736. The Morgan fingerprint density at radius 2 is 2.30 bits per heavy atom. The van der Waals surface area contributed by atoms with Gasteiger partial charge in [-0.3, -0.25) is 15.5 Å². The van der Waals surface area contributed by atoms with Crippen LogP contribution in [0.3, 0.4) is 0 Å². The van der Waals surface area contributed by atoms with Crippen LogP contribution in [0.5, 0.6) is 0 Å². The van der Waals surface area contributed by atoms with Gasteiger partial charge in [-0.25, -0.2) is 14.0 Å². The van der Waals surface area contributed by atoms with E-state index in [2.05, 4.69) is 45.9 Å². The van der Waals surface area contributed by atoms with E-state index in [1.54, 1.807) is 0 Å². The lowest BCUT2D eigenvalue weighted by molar-refractivity contribution is -0.119. The number of carbonyl (C=O) groups excluding carboxylic acids is 1. The summed E-state index contributed by atoms with van der Waals surface area (Å²) in [6.45, 7) is -0.198. The molecular formula is C12H11BrFN5O4. The monoisotopic (exact) mass is 387 g/mol. The number of anilines is 1. The predicted octanol–water partition coefficient (Wildman–Crippen LogP) is 1.61. The standard InChI is InChI=1S/C12H11BrFN5O4/c1-22-5-9(20)16-12-10(18-23-19-12)11(17-21)15-6-2-3-8(14)7(13)4-6/h2-4,21H,5H2,1H3,(H,15,17)(H,16,19,20). The fourth-order valence-corrected chi connectivity index (χ4v) is 1.91. The van der Waals surface area contributed by atoms with Crippen LogP contribution in [-0.4, -0.2) is 41.0 Å². The number of benzene rings is 1. The molecule has 122 valence electrons. The van der Waals surface area contributed by atoms with E-state index in [1.807, 2.05) is 5.48 Å². The summed E-state index contributed by atoms with van der Waals surface area (Å²) in [6.07, 6.45) is 0. The van der Waals surface area contributed by atoms with Crippen LogP contribution < -0.4 is 10.8 Å². The van der Waals surface area contributed by atoms with E-state index in [0.29, 0.717) is 5.69 Å². The lowest BCUT2D eigenvalue weighted by Crippen LogP contribution is -2.24. The molecule has 0 aliphatic rings. The molecule has 11 heteroatoms. The Kier molecular flexibility index (Phi) is 5.73. The number of halogens is 2. The normalized spacial score (nSPS) is 11.4. The van der Waals surface area contributed by atoms with Crippen molar-refractivity contribution in [3.63, 3.8) is 0 Å². The molecule has 0 saturated heterocycles. The van der Waals surface area contributed by atoms with Gasteiger partial charge in [0.15, 0.2) is 11.5 Å². The van der Waals surface area contributed by atoms with Gasteiger partial charge in [-0.05, 0) is 44.4 Å². The van der Waals surface area contributed by atoms with Crippen molar-refractivity contribution in [3.05, 3.63) is 34.2 Å². The van der Waals surface area contributed by atoms with E-state index in [9.17, 15) is 14.4 Å². The van der Waals surface area contributed by atoms with E-state index >= 15 is 0 Å². The van der Waals surface area contributed by atoms with Gasteiger partial charge in [0.2, 0.25) is 5.82 Å². The number of hydrogen-bond donors (Lipinski definition) is 3. The fourth-order valence-electron chi connectivity index (χ4n) is 1.54. The molecule has 0 atom stereocenters. The zero-order valence-corrected chi connectivity index (χ0v) is 13.3. The van der Waals surface area contributed by atoms with Crippen LogP contribution in [0.2, 0.25) is 0 Å². The van der Waals surface area contributed by atoms with Crippen molar-refractivity contribution in [1.82, 2.24) is 15.8 Å². The first kappa shape index (κ1) is 17.0. The number of aromatic nitrogens is 2. The molecule has 0 bridgehead atoms. The van der Waals surface area contributed by atoms with Gasteiger partial charge in [0.05, 0.1) is 10.2 Å². The summed E-state index contributed by atoms with van der Waals surface area (Å²) in [5, 5.41) is 18.7. The molecule has 1 heterocycles. The summed E-state index contributed by atoms with van der Waals surface area (Å²) in [5.74, 6) is -1.17. The van der Waals surface area contributed by atoms with E-state index in [0.717, 1.165) is 0 Å². The number of hydroxylamine groups is 1. The molecule has 3 N–H and O–H groups in total. The molecule has 0 aliphatic carbocycles. The number of hydrogen-bond acceptors (Lipinski definition) is 7. The summed E-state index contributed by atoms with van der Waals surface area (Å²) >= 11 is 3.03. The highest BCUT2D eigenvalue weighted by atomic mass is 79.9. The summed E-state index contributed by atoms with van der Waals surface area (Å²) < 4.78 is 22.6. The first-order chi connectivity index (χ1) is 11.0. The molecule has 1 aromatic carbocycles. The van der Waals surface area contributed by atoms with Gasteiger partial charge < -0.3 is 10.1 Å². The van der Waals surface area contributed by atoms with Crippen LogP contribution in [0.4, 0.5) is 15.9 Å². The van der Waals surface area contributed by atoms with E-state index in [4.69, 9.17) is 0 Å². The highest BCUT2D eigenvalue weighted by Crippen LogP contribution is 2.23. The maximum absolute atomic E-state index is 13.2. The van der Waals surface area contributed by atoms with Gasteiger partial charge in [0.1, 0.15) is 12.4 Å². The number of methoxy groups -OCH3 is 1. The number of amidine groups is 1. The predicted molar refractivity (Wildman–Crippen MR) is 80.0 cm³/mol. The SMILES string of the molecule is COCC(=O)Nc1nonc1C(=Nc1ccc(F)c(Br)c1)NO. The number of amides is 1. The first-order valence-electron chi connectivity index (χ1n) is 6.10. The average molecular weight is 388 g/mol. The van der Waals surface area contributed by atoms with Crippen molar-refractivity contribution < 1.29 is 23.8 Å². The molecule has 1 aromatic heterocycles. The quantitative estimate of drug-likeness (QED) is 0.404. The third kappa shape index (κ3) is 4.31. The molecule has 0 spiro atoms. The third-order valence-electron chi connectivity index (χ3n) is 2.50. The Hall–Kier alpha value is -2.37. The average Bonchev–Trinajstić information content (AvgIpc) is 2.96. The Labute approximate surface area is 137 Å². The maximum Gasteiger partial charge on any atom is 0.251 e. The van der Waals surface area contributed by atoms with Crippen molar-refractivity contribution in [1.29, 1.82) is 0 Å². The van der Waals surface area contributed by atoms with Gasteiger partial charge in [-0.1, -0.05) is 0 Å². The van der Waals surface area contributed by atoms with E-state index in [1.165, 1.54) is 25.3 Å². The summed E-state index contributed by atoms with van der Waals surface area (Å²) in [5.41, 5.74) is 2.10. The minimum Gasteiger partial charge on any atom is -0.375 e. The lowest BCUT2D eigenvalue weighted by atomic mass is 10.3. The Morgan fingerprint density at radius 3 is 2.96 bits per heavy atom. The van der Waals surface area contributed by atoms with Crippen LogP contribution in [0.25, 0.3) is 0 Å². The molecular weight excluding hydrogens is 377 g/mol. The summed E-state index contributed by atoms with van der Waals surface area (Å²) in [6, 6.07) is 3.97. The zero-order chi connectivity index (χ0) is 16.8. The molecule has 0 saturated carbocycles. The van der Waals surface area contributed by atoms with Crippen molar-refractivity contribution >= 4 is 39.2 Å². The van der Waals surface area contributed by atoms with Gasteiger partial charge in [0.25, 0.3) is 5.91 Å². The second-order valence-corrected chi connectivity index (χ2v) is 4.97.